The van der Waals surface area contributed by atoms with Crippen molar-refractivity contribution in [3.8, 4) is 0 Å². The van der Waals surface area contributed by atoms with Crippen LogP contribution in [0.5, 0.6) is 0 Å². The van der Waals surface area contributed by atoms with E-state index in [1.807, 2.05) is 12.4 Å². The van der Waals surface area contributed by atoms with Gasteiger partial charge >= 0.3 is 0 Å². The lowest BCUT2D eigenvalue weighted by Gasteiger charge is -2.35. The van der Waals surface area contributed by atoms with E-state index in [4.69, 9.17) is 0 Å². The fraction of sp³-hybridized carbons (Fsp3) is 0.727. The number of imidazole rings is 1. The molecule has 2 heterocycles. The molecule has 0 unspecified atom stereocenters. The number of nitrogens with one attached hydrogen (secondary N) is 2. The van der Waals surface area contributed by atoms with Crippen molar-refractivity contribution in [2.24, 2.45) is 0 Å². The molecule has 0 saturated carbocycles. The minimum Gasteiger partial charge on any atom is -0.350 e. The van der Waals surface area contributed by atoms with Gasteiger partial charge in [-0.1, -0.05) is 0 Å². The van der Waals surface area contributed by atoms with E-state index < -0.39 is 0 Å². The topological polar surface area (TPSA) is 41.9 Å². The van der Waals surface area contributed by atoms with E-state index in [1.165, 1.54) is 0 Å². The van der Waals surface area contributed by atoms with Crippen molar-refractivity contribution >= 4 is 5.95 Å². The van der Waals surface area contributed by atoms with Crippen molar-refractivity contribution in [1.82, 2.24) is 14.9 Å². The number of rotatable bonds is 3. The van der Waals surface area contributed by atoms with Gasteiger partial charge in [0.15, 0.2) is 0 Å². The standard InChI is InChI=1S/C11H20N4/c1-3-15-9-8-13-10(15)14-11(2)4-6-12-7-5-11/h8-9,12H,3-7H2,1-2H3,(H,13,14). The van der Waals surface area contributed by atoms with E-state index in [1.54, 1.807) is 0 Å². The van der Waals surface area contributed by atoms with E-state index in [0.29, 0.717) is 0 Å². The first-order valence-corrected chi connectivity index (χ1v) is 5.73. The van der Waals surface area contributed by atoms with E-state index in [9.17, 15) is 0 Å². The van der Waals surface area contributed by atoms with Crippen molar-refractivity contribution in [1.29, 1.82) is 0 Å². The Morgan fingerprint density at radius 1 is 1.53 bits per heavy atom. The summed E-state index contributed by atoms with van der Waals surface area (Å²) in [5.74, 6) is 1.00. The molecule has 15 heavy (non-hydrogen) atoms. The molecule has 0 bridgehead atoms. The predicted molar refractivity (Wildman–Crippen MR) is 62.0 cm³/mol. The zero-order valence-electron chi connectivity index (χ0n) is 9.58. The summed E-state index contributed by atoms with van der Waals surface area (Å²) < 4.78 is 2.15. The average molecular weight is 208 g/mol. The Kier molecular flexibility index (Phi) is 2.95. The van der Waals surface area contributed by atoms with Gasteiger partial charge in [0.1, 0.15) is 0 Å². The average Bonchev–Trinajstić information content (AvgIpc) is 2.65. The Labute approximate surface area is 91.1 Å². The van der Waals surface area contributed by atoms with E-state index in [2.05, 4.69) is 34.0 Å². The van der Waals surface area contributed by atoms with Crippen molar-refractivity contribution in [2.45, 2.75) is 38.8 Å². The molecule has 2 rings (SSSR count). The molecule has 4 heteroatoms. The van der Waals surface area contributed by atoms with Crippen molar-refractivity contribution in [3.05, 3.63) is 12.4 Å². The second-order valence-electron chi connectivity index (χ2n) is 4.47. The first-order chi connectivity index (χ1) is 7.23. The third-order valence-corrected chi connectivity index (χ3v) is 3.18. The highest BCUT2D eigenvalue weighted by molar-refractivity contribution is 5.30. The van der Waals surface area contributed by atoms with Gasteiger partial charge in [-0.25, -0.2) is 4.98 Å². The molecule has 2 N–H and O–H groups in total. The molecule has 1 aromatic heterocycles. The third kappa shape index (κ3) is 2.31. The maximum Gasteiger partial charge on any atom is 0.203 e. The second-order valence-corrected chi connectivity index (χ2v) is 4.47. The van der Waals surface area contributed by atoms with Crippen LogP contribution in [0.4, 0.5) is 5.95 Å². The van der Waals surface area contributed by atoms with Crippen LogP contribution in [0, 0.1) is 0 Å². The van der Waals surface area contributed by atoms with Crippen LogP contribution in [-0.2, 0) is 6.54 Å². The lowest BCUT2D eigenvalue weighted by Crippen LogP contribution is -2.45. The fourth-order valence-corrected chi connectivity index (χ4v) is 2.06. The maximum atomic E-state index is 4.36. The third-order valence-electron chi connectivity index (χ3n) is 3.18. The van der Waals surface area contributed by atoms with Gasteiger partial charge in [-0.3, -0.25) is 0 Å². The monoisotopic (exact) mass is 208 g/mol. The number of hydrogen-bond donors (Lipinski definition) is 2. The summed E-state index contributed by atoms with van der Waals surface area (Å²) in [6, 6.07) is 0. The van der Waals surface area contributed by atoms with Crippen LogP contribution < -0.4 is 10.6 Å². The molecule has 1 aliphatic rings. The number of hydrogen-bond acceptors (Lipinski definition) is 3. The molecule has 0 spiro atoms. The molecule has 1 saturated heterocycles. The molecule has 0 aliphatic carbocycles. The van der Waals surface area contributed by atoms with Crippen LogP contribution >= 0.6 is 0 Å². The van der Waals surface area contributed by atoms with Crippen LogP contribution in [0.1, 0.15) is 26.7 Å². The van der Waals surface area contributed by atoms with Gasteiger partial charge < -0.3 is 15.2 Å². The molecule has 4 nitrogen and oxygen atoms in total. The van der Waals surface area contributed by atoms with Crippen molar-refractivity contribution in [2.75, 3.05) is 18.4 Å². The highest BCUT2D eigenvalue weighted by Gasteiger charge is 2.27. The molecule has 0 aromatic carbocycles. The minimum atomic E-state index is 0.198. The normalized spacial score (nSPS) is 20.1. The molecule has 0 atom stereocenters. The fourth-order valence-electron chi connectivity index (χ4n) is 2.06. The van der Waals surface area contributed by atoms with Gasteiger partial charge in [-0.05, 0) is 39.8 Å². The first kappa shape index (κ1) is 10.5. The summed E-state index contributed by atoms with van der Waals surface area (Å²) in [5.41, 5.74) is 0.198. The Balaban J connectivity index is 2.06. The highest BCUT2D eigenvalue weighted by atomic mass is 15.2. The van der Waals surface area contributed by atoms with Crippen LogP contribution in [0.2, 0.25) is 0 Å². The Morgan fingerprint density at radius 3 is 2.93 bits per heavy atom. The van der Waals surface area contributed by atoms with Gasteiger partial charge in [0.05, 0.1) is 0 Å². The van der Waals surface area contributed by atoms with Crippen molar-refractivity contribution in [3.63, 3.8) is 0 Å². The summed E-state index contributed by atoms with van der Waals surface area (Å²) in [6.07, 6.45) is 6.19. The van der Waals surface area contributed by atoms with Gasteiger partial charge in [-0.15, -0.1) is 0 Å². The summed E-state index contributed by atoms with van der Waals surface area (Å²) in [6.45, 7) is 7.57. The molecule has 1 aliphatic heterocycles. The summed E-state index contributed by atoms with van der Waals surface area (Å²) in [5, 5.41) is 6.95. The number of piperidine rings is 1. The number of anilines is 1. The molecule has 84 valence electrons. The summed E-state index contributed by atoms with van der Waals surface area (Å²) >= 11 is 0. The molecule has 1 fully saturated rings. The Hall–Kier alpha value is -1.03. The number of nitrogens with zero attached hydrogens (tertiary/aromatic N) is 2. The lowest BCUT2D eigenvalue weighted by molar-refractivity contribution is 0.362. The first-order valence-electron chi connectivity index (χ1n) is 5.73. The van der Waals surface area contributed by atoms with Crippen molar-refractivity contribution < 1.29 is 0 Å². The van der Waals surface area contributed by atoms with Crippen LogP contribution in [0.3, 0.4) is 0 Å². The van der Waals surface area contributed by atoms with E-state index in [0.717, 1.165) is 38.4 Å². The lowest BCUT2D eigenvalue weighted by atomic mass is 9.91. The summed E-state index contributed by atoms with van der Waals surface area (Å²) in [7, 11) is 0. The predicted octanol–water partition coefficient (Wildman–Crippen LogP) is 1.46. The second kappa shape index (κ2) is 4.23. The van der Waals surface area contributed by atoms with Crippen LogP contribution in [0.25, 0.3) is 0 Å². The number of aryl methyl sites for hydroxylation is 1. The number of aromatic nitrogens is 2. The van der Waals surface area contributed by atoms with Crippen LogP contribution in [0.15, 0.2) is 12.4 Å². The molecule has 0 amide bonds. The molecule has 0 radical (unpaired) electrons. The zero-order chi connectivity index (χ0) is 10.7. The molecular formula is C11H20N4. The van der Waals surface area contributed by atoms with Gasteiger partial charge in [0, 0.05) is 24.5 Å². The minimum absolute atomic E-state index is 0.198. The quantitative estimate of drug-likeness (QED) is 0.790. The van der Waals surface area contributed by atoms with E-state index in [-0.39, 0.29) is 5.54 Å². The smallest absolute Gasteiger partial charge is 0.203 e. The summed E-state index contributed by atoms with van der Waals surface area (Å²) in [4.78, 5) is 4.36. The molecule has 1 aromatic rings. The zero-order valence-corrected chi connectivity index (χ0v) is 9.58. The van der Waals surface area contributed by atoms with Gasteiger partial charge in [0.25, 0.3) is 0 Å². The van der Waals surface area contributed by atoms with Crippen LogP contribution in [-0.4, -0.2) is 28.2 Å². The van der Waals surface area contributed by atoms with E-state index >= 15 is 0 Å². The van der Waals surface area contributed by atoms with Gasteiger partial charge in [-0.2, -0.15) is 0 Å². The SMILES string of the molecule is CCn1ccnc1NC1(C)CCNCC1. The maximum absolute atomic E-state index is 4.36. The Bertz CT molecular complexity index is 312. The van der Waals surface area contributed by atoms with Gasteiger partial charge in [0.2, 0.25) is 5.95 Å². The highest BCUT2D eigenvalue weighted by Crippen LogP contribution is 2.22. The molecular weight excluding hydrogens is 188 g/mol. The Morgan fingerprint density at radius 2 is 2.27 bits per heavy atom. The largest absolute Gasteiger partial charge is 0.350 e.